The molecule has 1 aliphatic heterocycles. The molecule has 1 aliphatic rings. The van der Waals surface area contributed by atoms with Gasteiger partial charge >= 0.3 is 0 Å². The molecule has 42 heavy (non-hydrogen) atoms. The molecule has 0 bridgehead atoms. The minimum absolute atomic E-state index is 0.0268. The average molecular weight is 543 g/mol. The van der Waals surface area contributed by atoms with E-state index in [2.05, 4.69) is 160 Å². The molecule has 0 saturated heterocycles. The van der Waals surface area contributed by atoms with Crippen molar-refractivity contribution in [1.29, 1.82) is 0 Å². The first-order valence-electron chi connectivity index (χ1n) is 14.5. The normalized spacial score (nSPS) is 14.2. The summed E-state index contributed by atoms with van der Waals surface area (Å²) in [5.74, 6) is 0. The van der Waals surface area contributed by atoms with Gasteiger partial charge in [-0.15, -0.1) is 0 Å². The van der Waals surface area contributed by atoms with E-state index in [0.717, 1.165) is 40.3 Å². The predicted molar refractivity (Wildman–Crippen MR) is 178 cm³/mol. The standard InChI is InChI=1S/C38H30N4/c1-3-12-25(13-4-1)27-16-11-17-28(22-27)40-37-30(26-14-5-2-6-15-26)23-31-29-18-7-8-19-32(29)42-38(31)36(37)35-24-39-33-20-9-10-21-34(33)41-35/h1-23,35,39-42H,24H2. The van der Waals surface area contributed by atoms with Crippen LogP contribution >= 0.6 is 0 Å². The van der Waals surface area contributed by atoms with E-state index in [1.807, 2.05) is 0 Å². The van der Waals surface area contributed by atoms with Crippen molar-refractivity contribution in [2.24, 2.45) is 0 Å². The van der Waals surface area contributed by atoms with E-state index < -0.39 is 0 Å². The first-order valence-corrected chi connectivity index (χ1v) is 14.5. The van der Waals surface area contributed by atoms with Crippen molar-refractivity contribution in [2.45, 2.75) is 6.04 Å². The van der Waals surface area contributed by atoms with Gasteiger partial charge in [0.2, 0.25) is 0 Å². The van der Waals surface area contributed by atoms with Gasteiger partial charge in [0.15, 0.2) is 0 Å². The summed E-state index contributed by atoms with van der Waals surface area (Å²) in [5.41, 5.74) is 12.6. The highest BCUT2D eigenvalue weighted by molar-refractivity contribution is 6.12. The number of nitrogens with one attached hydrogen (secondary N) is 4. The van der Waals surface area contributed by atoms with Crippen molar-refractivity contribution in [2.75, 3.05) is 22.5 Å². The molecule has 6 aromatic carbocycles. The second-order valence-corrected chi connectivity index (χ2v) is 10.9. The minimum atomic E-state index is 0.0268. The lowest BCUT2D eigenvalue weighted by molar-refractivity contribution is 0.811. The predicted octanol–water partition coefficient (Wildman–Crippen LogP) is 9.98. The Morgan fingerprint density at radius 1 is 0.571 bits per heavy atom. The first-order chi connectivity index (χ1) is 20.8. The number of hydrogen-bond acceptors (Lipinski definition) is 3. The van der Waals surface area contributed by atoms with Crippen LogP contribution < -0.4 is 16.0 Å². The van der Waals surface area contributed by atoms with Crippen LogP contribution in [0.15, 0.2) is 140 Å². The summed E-state index contributed by atoms with van der Waals surface area (Å²) in [6.45, 7) is 0.762. The Hall–Kier alpha value is -5.48. The van der Waals surface area contributed by atoms with E-state index in [9.17, 15) is 0 Å². The van der Waals surface area contributed by atoms with Crippen LogP contribution in [0.3, 0.4) is 0 Å². The van der Waals surface area contributed by atoms with Crippen molar-refractivity contribution in [3.8, 4) is 22.3 Å². The van der Waals surface area contributed by atoms with Crippen molar-refractivity contribution < 1.29 is 0 Å². The number of para-hydroxylation sites is 3. The lowest BCUT2D eigenvalue weighted by Crippen LogP contribution is -2.26. The van der Waals surface area contributed by atoms with E-state index in [1.54, 1.807) is 0 Å². The Morgan fingerprint density at radius 2 is 1.26 bits per heavy atom. The van der Waals surface area contributed by atoms with Crippen LogP contribution in [-0.4, -0.2) is 11.5 Å². The van der Waals surface area contributed by atoms with Crippen LogP contribution in [0.5, 0.6) is 0 Å². The molecule has 1 aromatic heterocycles. The van der Waals surface area contributed by atoms with Gasteiger partial charge in [-0.2, -0.15) is 0 Å². The number of hydrogen-bond donors (Lipinski definition) is 4. The number of aromatic amines is 1. The topological polar surface area (TPSA) is 51.9 Å². The fourth-order valence-corrected chi connectivity index (χ4v) is 6.28. The highest BCUT2D eigenvalue weighted by atomic mass is 15.1. The summed E-state index contributed by atoms with van der Waals surface area (Å²) in [4.78, 5) is 3.80. The second kappa shape index (κ2) is 10.2. The van der Waals surface area contributed by atoms with Gasteiger partial charge in [-0.05, 0) is 53.1 Å². The number of rotatable bonds is 5. The van der Waals surface area contributed by atoms with Crippen molar-refractivity contribution in [3.63, 3.8) is 0 Å². The molecule has 4 heteroatoms. The summed E-state index contributed by atoms with van der Waals surface area (Å²) in [6.07, 6.45) is 0. The van der Waals surface area contributed by atoms with Crippen molar-refractivity contribution in [1.82, 2.24) is 4.98 Å². The molecule has 8 rings (SSSR count). The highest BCUT2D eigenvalue weighted by Crippen LogP contribution is 2.45. The van der Waals surface area contributed by atoms with Gasteiger partial charge in [-0.25, -0.2) is 0 Å². The molecule has 0 spiro atoms. The number of aromatic nitrogens is 1. The Morgan fingerprint density at radius 3 is 2.10 bits per heavy atom. The molecular weight excluding hydrogens is 512 g/mol. The third-order valence-corrected chi connectivity index (χ3v) is 8.27. The molecule has 0 radical (unpaired) electrons. The van der Waals surface area contributed by atoms with Crippen LogP contribution in [0.2, 0.25) is 0 Å². The SMILES string of the molecule is c1ccc(-c2cccc(Nc3c(-c4ccccc4)cc4c([nH]c5ccccc54)c3C3CNc4ccccc4N3)c2)cc1. The average Bonchev–Trinajstić information content (AvgIpc) is 3.43. The molecule has 1 atom stereocenters. The molecule has 1 unspecified atom stereocenters. The zero-order valence-electron chi connectivity index (χ0n) is 23.1. The summed E-state index contributed by atoms with van der Waals surface area (Å²) < 4.78 is 0. The Balaban J connectivity index is 1.38. The second-order valence-electron chi connectivity index (χ2n) is 10.9. The summed E-state index contributed by atoms with van der Waals surface area (Å²) >= 11 is 0. The van der Waals surface area contributed by atoms with Gasteiger partial charge in [0, 0.05) is 39.6 Å². The maximum atomic E-state index is 3.92. The monoisotopic (exact) mass is 542 g/mol. The quantitative estimate of drug-likeness (QED) is 0.175. The smallest absolute Gasteiger partial charge is 0.0728 e. The molecule has 202 valence electrons. The highest BCUT2D eigenvalue weighted by Gasteiger charge is 2.27. The molecule has 0 saturated carbocycles. The molecule has 2 heterocycles. The number of anilines is 4. The van der Waals surface area contributed by atoms with E-state index in [4.69, 9.17) is 0 Å². The fourth-order valence-electron chi connectivity index (χ4n) is 6.28. The zero-order chi connectivity index (χ0) is 27.9. The largest absolute Gasteiger partial charge is 0.381 e. The molecule has 4 N–H and O–H groups in total. The Bertz CT molecular complexity index is 2040. The maximum absolute atomic E-state index is 3.92. The van der Waals surface area contributed by atoms with Crippen molar-refractivity contribution >= 4 is 44.6 Å². The van der Waals surface area contributed by atoms with E-state index >= 15 is 0 Å². The van der Waals surface area contributed by atoms with Gasteiger partial charge in [-0.3, -0.25) is 0 Å². The van der Waals surface area contributed by atoms with Crippen LogP contribution in [-0.2, 0) is 0 Å². The molecule has 4 nitrogen and oxygen atoms in total. The molecular formula is C38H30N4. The van der Waals surface area contributed by atoms with Gasteiger partial charge in [0.05, 0.1) is 28.6 Å². The Labute approximate surface area is 245 Å². The third-order valence-electron chi connectivity index (χ3n) is 8.27. The number of H-pyrrole nitrogens is 1. The van der Waals surface area contributed by atoms with Crippen LogP contribution in [0.1, 0.15) is 11.6 Å². The van der Waals surface area contributed by atoms with Gasteiger partial charge in [-0.1, -0.05) is 103 Å². The van der Waals surface area contributed by atoms with Crippen LogP contribution in [0.4, 0.5) is 22.7 Å². The molecule has 0 amide bonds. The minimum Gasteiger partial charge on any atom is -0.381 e. The van der Waals surface area contributed by atoms with E-state index in [1.165, 1.54) is 38.6 Å². The lowest BCUT2D eigenvalue weighted by atomic mass is 9.91. The van der Waals surface area contributed by atoms with E-state index in [0.29, 0.717) is 0 Å². The summed E-state index contributed by atoms with van der Waals surface area (Å²) in [7, 11) is 0. The summed E-state index contributed by atoms with van der Waals surface area (Å²) in [6, 6.07) is 49.4. The van der Waals surface area contributed by atoms with Gasteiger partial charge in [0.25, 0.3) is 0 Å². The number of fused-ring (bicyclic) bond motifs is 4. The molecule has 0 fully saturated rings. The van der Waals surface area contributed by atoms with E-state index in [-0.39, 0.29) is 6.04 Å². The third kappa shape index (κ3) is 4.25. The van der Waals surface area contributed by atoms with Crippen LogP contribution in [0, 0.1) is 0 Å². The maximum Gasteiger partial charge on any atom is 0.0728 e. The van der Waals surface area contributed by atoms with Gasteiger partial charge in [0.1, 0.15) is 0 Å². The van der Waals surface area contributed by atoms with Crippen molar-refractivity contribution in [3.05, 3.63) is 145 Å². The Kier molecular flexibility index (Phi) is 5.89. The van der Waals surface area contributed by atoms with Crippen LogP contribution in [0.25, 0.3) is 44.1 Å². The lowest BCUT2D eigenvalue weighted by Gasteiger charge is -2.31. The summed E-state index contributed by atoms with van der Waals surface area (Å²) in [5, 5.41) is 13.9. The van der Waals surface area contributed by atoms with Gasteiger partial charge < -0.3 is 20.9 Å². The number of benzene rings is 6. The molecule has 7 aromatic rings. The first kappa shape index (κ1) is 24.3. The zero-order valence-corrected chi connectivity index (χ0v) is 23.1. The molecule has 0 aliphatic carbocycles. The fraction of sp³-hybridized carbons (Fsp3) is 0.0526.